The van der Waals surface area contributed by atoms with Gasteiger partial charge in [0.2, 0.25) is 17.6 Å². The summed E-state index contributed by atoms with van der Waals surface area (Å²) >= 11 is 12.1. The van der Waals surface area contributed by atoms with Crippen LogP contribution in [0.15, 0.2) is 47.0 Å². The fourth-order valence-electron chi connectivity index (χ4n) is 3.58. The Hall–Kier alpha value is -2.41. The van der Waals surface area contributed by atoms with Crippen molar-refractivity contribution < 1.29 is 9.32 Å². The van der Waals surface area contributed by atoms with Gasteiger partial charge in [-0.1, -0.05) is 40.5 Å². The quantitative estimate of drug-likeness (QED) is 0.538. The summed E-state index contributed by atoms with van der Waals surface area (Å²) < 4.78 is 5.40. The van der Waals surface area contributed by atoms with E-state index >= 15 is 0 Å². The van der Waals surface area contributed by atoms with Gasteiger partial charge in [0.1, 0.15) is 0 Å². The van der Waals surface area contributed by atoms with Gasteiger partial charge in [-0.05, 0) is 54.8 Å². The van der Waals surface area contributed by atoms with Crippen molar-refractivity contribution in [3.05, 3.63) is 69.5 Å². The third-order valence-corrected chi connectivity index (χ3v) is 6.18. The molecule has 0 radical (unpaired) electrons. The predicted octanol–water partition coefficient (Wildman–Crippen LogP) is 4.63. The lowest BCUT2D eigenvalue weighted by Crippen LogP contribution is -2.48. The summed E-state index contributed by atoms with van der Waals surface area (Å²) in [5, 5.41) is 5.48. The summed E-state index contributed by atoms with van der Waals surface area (Å²) in [5.41, 5.74) is 3.01. The molecule has 3 aromatic rings. The van der Waals surface area contributed by atoms with Crippen molar-refractivity contribution in [2.24, 2.45) is 0 Å². The minimum atomic E-state index is 0.180. The van der Waals surface area contributed by atoms with Crippen molar-refractivity contribution in [3.8, 4) is 11.4 Å². The van der Waals surface area contributed by atoms with Crippen LogP contribution in [0, 0.1) is 6.92 Å². The van der Waals surface area contributed by atoms with Gasteiger partial charge >= 0.3 is 0 Å². The van der Waals surface area contributed by atoms with E-state index in [2.05, 4.69) is 15.0 Å². The summed E-state index contributed by atoms with van der Waals surface area (Å²) in [5.74, 6) is 1.30. The van der Waals surface area contributed by atoms with Crippen LogP contribution in [0.4, 0.5) is 0 Å². The summed E-state index contributed by atoms with van der Waals surface area (Å²) in [6.45, 7) is 5.51. The molecule has 2 aromatic carbocycles. The number of carbonyl (C=O) groups excluding carboxylic acids is 1. The van der Waals surface area contributed by atoms with Gasteiger partial charge in [-0.25, -0.2) is 0 Å². The number of benzene rings is 2. The molecule has 0 atom stereocenters. The van der Waals surface area contributed by atoms with Crippen LogP contribution in [-0.2, 0) is 17.8 Å². The Kier molecular flexibility index (Phi) is 6.90. The summed E-state index contributed by atoms with van der Waals surface area (Å²) in [6.07, 6.45) is 1.20. The molecule has 8 heteroatoms. The molecule has 1 saturated heterocycles. The number of rotatable bonds is 6. The fraction of sp³-hybridized carbons (Fsp3) is 0.348. The van der Waals surface area contributed by atoms with Gasteiger partial charge in [0, 0.05) is 48.2 Å². The third-order valence-electron chi connectivity index (χ3n) is 5.52. The predicted molar refractivity (Wildman–Crippen MR) is 121 cm³/mol. The third kappa shape index (κ3) is 5.64. The second-order valence-corrected chi connectivity index (χ2v) is 8.60. The lowest BCUT2D eigenvalue weighted by molar-refractivity contribution is -0.133. The fourth-order valence-corrected chi connectivity index (χ4v) is 3.91. The molecule has 4 rings (SSSR count). The number of nitrogens with zero attached hydrogens (tertiary/aromatic N) is 4. The average Bonchev–Trinajstić information content (AvgIpc) is 3.24. The van der Waals surface area contributed by atoms with Gasteiger partial charge in [0.25, 0.3) is 0 Å². The van der Waals surface area contributed by atoms with Crippen molar-refractivity contribution in [1.82, 2.24) is 19.9 Å². The minimum Gasteiger partial charge on any atom is -0.340 e. The Bertz CT molecular complexity index is 1040. The molecule has 31 heavy (non-hydrogen) atoms. The Labute approximate surface area is 191 Å². The molecule has 0 unspecified atom stereocenters. The Morgan fingerprint density at radius 3 is 2.52 bits per heavy atom. The van der Waals surface area contributed by atoms with E-state index in [9.17, 15) is 4.79 Å². The minimum absolute atomic E-state index is 0.180. The van der Waals surface area contributed by atoms with Crippen molar-refractivity contribution in [2.45, 2.75) is 26.3 Å². The van der Waals surface area contributed by atoms with Crippen LogP contribution in [0.3, 0.4) is 0 Å². The largest absolute Gasteiger partial charge is 0.340 e. The second-order valence-electron chi connectivity index (χ2n) is 7.76. The van der Waals surface area contributed by atoms with E-state index in [1.165, 1.54) is 0 Å². The zero-order valence-electron chi connectivity index (χ0n) is 17.4. The van der Waals surface area contributed by atoms with Gasteiger partial charge in [-0.3, -0.25) is 9.69 Å². The highest BCUT2D eigenvalue weighted by atomic mass is 35.5. The molecule has 0 saturated carbocycles. The zero-order chi connectivity index (χ0) is 21.8. The molecule has 1 aliphatic heterocycles. The van der Waals surface area contributed by atoms with Crippen LogP contribution in [0.1, 0.15) is 23.4 Å². The average molecular weight is 459 g/mol. The maximum absolute atomic E-state index is 12.6. The van der Waals surface area contributed by atoms with E-state index in [0.29, 0.717) is 49.2 Å². The van der Waals surface area contributed by atoms with Gasteiger partial charge in [0.05, 0.1) is 6.54 Å². The molecule has 0 N–H and O–H groups in total. The van der Waals surface area contributed by atoms with Gasteiger partial charge in [0.15, 0.2) is 0 Å². The maximum Gasteiger partial charge on any atom is 0.241 e. The summed E-state index contributed by atoms with van der Waals surface area (Å²) in [6, 6.07) is 13.3. The first kappa shape index (κ1) is 21.8. The van der Waals surface area contributed by atoms with Crippen LogP contribution in [0.5, 0.6) is 0 Å². The number of hydrogen-bond acceptors (Lipinski definition) is 5. The molecule has 162 valence electrons. The van der Waals surface area contributed by atoms with Crippen LogP contribution in [-0.4, -0.2) is 52.0 Å². The molecule has 0 bridgehead atoms. The SMILES string of the molecule is Cc1ccc(CCC(=O)N2CCN(Cc3nc(-c4ccc(Cl)cc4)no3)CC2)cc1Cl. The number of piperazine rings is 1. The first-order valence-electron chi connectivity index (χ1n) is 10.3. The number of halogens is 2. The molecule has 1 aliphatic rings. The topological polar surface area (TPSA) is 62.5 Å². The first-order valence-corrected chi connectivity index (χ1v) is 11.1. The smallest absolute Gasteiger partial charge is 0.241 e. The molecule has 6 nitrogen and oxygen atoms in total. The van der Waals surface area contributed by atoms with Gasteiger partial charge in [-0.2, -0.15) is 4.98 Å². The molecule has 0 aliphatic carbocycles. The molecule has 0 spiro atoms. The Morgan fingerprint density at radius 2 is 1.81 bits per heavy atom. The Balaban J connectivity index is 1.24. The highest BCUT2D eigenvalue weighted by molar-refractivity contribution is 6.31. The summed E-state index contributed by atoms with van der Waals surface area (Å²) in [4.78, 5) is 21.2. The summed E-state index contributed by atoms with van der Waals surface area (Å²) in [7, 11) is 0. The van der Waals surface area contributed by atoms with E-state index < -0.39 is 0 Å². The van der Waals surface area contributed by atoms with E-state index in [1.807, 2.05) is 42.2 Å². The number of aromatic nitrogens is 2. The van der Waals surface area contributed by atoms with Crippen molar-refractivity contribution in [2.75, 3.05) is 26.2 Å². The van der Waals surface area contributed by atoms with Crippen molar-refractivity contribution in [1.29, 1.82) is 0 Å². The highest BCUT2D eigenvalue weighted by Gasteiger charge is 2.22. The van der Waals surface area contributed by atoms with Crippen LogP contribution in [0.2, 0.25) is 10.0 Å². The molecule has 1 fully saturated rings. The van der Waals surface area contributed by atoms with Gasteiger partial charge < -0.3 is 9.42 Å². The number of aryl methyl sites for hydroxylation is 2. The number of hydrogen-bond donors (Lipinski definition) is 0. The molecular weight excluding hydrogens is 435 g/mol. The van der Waals surface area contributed by atoms with E-state index in [-0.39, 0.29) is 5.91 Å². The monoisotopic (exact) mass is 458 g/mol. The van der Waals surface area contributed by atoms with Crippen molar-refractivity contribution >= 4 is 29.1 Å². The van der Waals surface area contributed by atoms with Crippen molar-refractivity contribution in [3.63, 3.8) is 0 Å². The molecule has 1 amide bonds. The number of amides is 1. The van der Waals surface area contributed by atoms with Gasteiger partial charge in [-0.15, -0.1) is 0 Å². The zero-order valence-corrected chi connectivity index (χ0v) is 18.9. The lowest BCUT2D eigenvalue weighted by atomic mass is 10.1. The second kappa shape index (κ2) is 9.81. The van der Waals surface area contributed by atoms with Crippen LogP contribution < -0.4 is 0 Å². The maximum atomic E-state index is 12.6. The highest BCUT2D eigenvalue weighted by Crippen LogP contribution is 2.20. The number of carbonyl (C=O) groups is 1. The molecular formula is C23H24Cl2N4O2. The van der Waals surface area contributed by atoms with Crippen LogP contribution >= 0.6 is 23.2 Å². The molecule has 2 heterocycles. The normalized spacial score (nSPS) is 14.7. The first-order chi connectivity index (χ1) is 15.0. The molecule has 1 aromatic heterocycles. The van der Waals surface area contributed by atoms with E-state index in [0.717, 1.165) is 34.8 Å². The Morgan fingerprint density at radius 1 is 1.06 bits per heavy atom. The standard InChI is InChI=1S/C23H24Cl2N4O2/c1-16-2-3-17(14-20(16)25)4-9-22(30)29-12-10-28(11-13-29)15-21-26-23(27-31-21)18-5-7-19(24)8-6-18/h2-3,5-8,14H,4,9-13,15H2,1H3. The van der Waals surface area contributed by atoms with Crippen LogP contribution in [0.25, 0.3) is 11.4 Å². The lowest BCUT2D eigenvalue weighted by Gasteiger charge is -2.34. The van der Waals surface area contributed by atoms with E-state index in [1.54, 1.807) is 12.1 Å². The van der Waals surface area contributed by atoms with E-state index in [4.69, 9.17) is 27.7 Å².